The van der Waals surface area contributed by atoms with Gasteiger partial charge in [0.2, 0.25) is 0 Å². The highest BCUT2D eigenvalue weighted by molar-refractivity contribution is 6.40. The molecule has 6 heteroatoms. The average molecular weight is 346 g/mol. The van der Waals surface area contributed by atoms with E-state index < -0.39 is 17.8 Å². The maximum absolute atomic E-state index is 12.1. The third kappa shape index (κ3) is 5.89. The van der Waals surface area contributed by atoms with Crippen molar-refractivity contribution in [3.63, 3.8) is 0 Å². The molecule has 1 aliphatic carbocycles. The number of esters is 1. The third-order valence-electron chi connectivity index (χ3n) is 4.27. The summed E-state index contributed by atoms with van der Waals surface area (Å²) in [6.45, 7) is 2.34. The first-order valence-corrected chi connectivity index (χ1v) is 8.99. The van der Waals surface area contributed by atoms with E-state index in [2.05, 4.69) is 10.6 Å². The van der Waals surface area contributed by atoms with Crippen LogP contribution in [0.4, 0.5) is 5.69 Å². The van der Waals surface area contributed by atoms with Gasteiger partial charge in [-0.3, -0.25) is 9.59 Å². The van der Waals surface area contributed by atoms with Crippen molar-refractivity contribution in [1.82, 2.24) is 5.32 Å². The number of nitrogens with one attached hydrogen (secondary N) is 2. The molecule has 1 saturated carbocycles. The van der Waals surface area contributed by atoms with Gasteiger partial charge < -0.3 is 15.4 Å². The Kier molecular flexibility index (Phi) is 7.44. The molecule has 0 saturated heterocycles. The number of ether oxygens (including phenoxy) is 1. The Morgan fingerprint density at radius 3 is 2.52 bits per heavy atom. The lowest BCUT2D eigenvalue weighted by molar-refractivity contribution is -0.136. The van der Waals surface area contributed by atoms with E-state index >= 15 is 0 Å². The van der Waals surface area contributed by atoms with E-state index in [1.807, 2.05) is 6.92 Å². The maximum atomic E-state index is 12.1. The highest BCUT2D eigenvalue weighted by Gasteiger charge is 2.22. The topological polar surface area (TPSA) is 84.5 Å². The molecular weight excluding hydrogens is 320 g/mol. The summed E-state index contributed by atoms with van der Waals surface area (Å²) in [6.07, 6.45) is 6.82. The average Bonchev–Trinajstić information content (AvgIpc) is 2.63. The molecule has 2 N–H and O–H groups in total. The molecule has 0 atom stereocenters. The molecule has 0 bridgehead atoms. The summed E-state index contributed by atoms with van der Waals surface area (Å²) in [7, 11) is 0. The molecule has 0 unspecified atom stereocenters. The van der Waals surface area contributed by atoms with Crippen LogP contribution >= 0.6 is 0 Å². The van der Waals surface area contributed by atoms with Crippen LogP contribution in [0.15, 0.2) is 24.3 Å². The Hall–Kier alpha value is -2.37. The Labute approximate surface area is 148 Å². The molecule has 6 nitrogen and oxygen atoms in total. The standard InChI is InChI=1S/C19H26N2O4/c1-2-3-13-25-19(24)15-11-7-8-12-16(15)21-18(23)17(22)20-14-9-5-4-6-10-14/h7-8,11-12,14H,2-6,9-10,13H2,1H3,(H,20,22)(H,21,23). The summed E-state index contributed by atoms with van der Waals surface area (Å²) in [5.41, 5.74) is 0.533. The van der Waals surface area contributed by atoms with Gasteiger partial charge in [-0.05, 0) is 31.4 Å². The zero-order valence-corrected chi connectivity index (χ0v) is 14.7. The minimum absolute atomic E-state index is 0.0567. The van der Waals surface area contributed by atoms with Crippen molar-refractivity contribution in [2.24, 2.45) is 0 Å². The maximum Gasteiger partial charge on any atom is 0.340 e. The second kappa shape index (κ2) is 9.81. The molecule has 1 aliphatic rings. The minimum atomic E-state index is -0.764. The lowest BCUT2D eigenvalue weighted by Gasteiger charge is -2.22. The van der Waals surface area contributed by atoms with Crippen LogP contribution in [-0.4, -0.2) is 30.4 Å². The van der Waals surface area contributed by atoms with Gasteiger partial charge in [-0.15, -0.1) is 0 Å². The van der Waals surface area contributed by atoms with Crippen molar-refractivity contribution >= 4 is 23.5 Å². The number of rotatable bonds is 6. The van der Waals surface area contributed by atoms with Crippen LogP contribution < -0.4 is 10.6 Å². The van der Waals surface area contributed by atoms with Crippen molar-refractivity contribution in [3.8, 4) is 0 Å². The zero-order chi connectivity index (χ0) is 18.1. The SMILES string of the molecule is CCCCOC(=O)c1ccccc1NC(=O)C(=O)NC1CCCCC1. The van der Waals surface area contributed by atoms with Crippen LogP contribution in [-0.2, 0) is 14.3 Å². The van der Waals surface area contributed by atoms with E-state index in [1.165, 1.54) is 6.42 Å². The summed E-state index contributed by atoms with van der Waals surface area (Å²) in [6, 6.07) is 6.60. The number of unbranched alkanes of at least 4 members (excludes halogenated alkanes) is 1. The van der Waals surface area contributed by atoms with E-state index in [-0.39, 0.29) is 17.3 Å². The molecule has 2 rings (SSSR count). The highest BCUT2D eigenvalue weighted by Crippen LogP contribution is 2.18. The van der Waals surface area contributed by atoms with E-state index in [0.29, 0.717) is 6.61 Å². The molecule has 2 amide bonds. The third-order valence-corrected chi connectivity index (χ3v) is 4.27. The van der Waals surface area contributed by atoms with E-state index in [4.69, 9.17) is 4.74 Å². The number of carbonyl (C=O) groups excluding carboxylic acids is 3. The molecule has 0 radical (unpaired) electrons. The van der Waals surface area contributed by atoms with Crippen molar-refractivity contribution in [1.29, 1.82) is 0 Å². The van der Waals surface area contributed by atoms with Gasteiger partial charge in [-0.1, -0.05) is 44.7 Å². The number of amides is 2. The lowest BCUT2D eigenvalue weighted by atomic mass is 9.95. The van der Waals surface area contributed by atoms with Gasteiger partial charge in [0.05, 0.1) is 17.9 Å². The van der Waals surface area contributed by atoms with E-state index in [0.717, 1.165) is 38.5 Å². The quantitative estimate of drug-likeness (QED) is 0.471. The highest BCUT2D eigenvalue weighted by atomic mass is 16.5. The smallest absolute Gasteiger partial charge is 0.340 e. The van der Waals surface area contributed by atoms with Crippen molar-refractivity contribution < 1.29 is 19.1 Å². The second-order valence-electron chi connectivity index (χ2n) is 6.30. The fraction of sp³-hybridized carbons (Fsp3) is 0.526. The van der Waals surface area contributed by atoms with Gasteiger partial charge in [-0.25, -0.2) is 4.79 Å². The number of benzene rings is 1. The predicted octanol–water partition coefficient (Wildman–Crippen LogP) is 3.03. The van der Waals surface area contributed by atoms with Gasteiger partial charge in [0.15, 0.2) is 0 Å². The molecule has 1 aromatic rings. The molecule has 0 aromatic heterocycles. The first kappa shape index (κ1) is 19.0. The van der Waals surface area contributed by atoms with Crippen LogP contribution in [0.25, 0.3) is 0 Å². The fourth-order valence-corrected chi connectivity index (χ4v) is 2.83. The van der Waals surface area contributed by atoms with Crippen molar-refractivity contribution in [3.05, 3.63) is 29.8 Å². The van der Waals surface area contributed by atoms with Gasteiger partial charge in [-0.2, -0.15) is 0 Å². The molecule has 25 heavy (non-hydrogen) atoms. The summed E-state index contributed by atoms with van der Waals surface area (Å²) in [5, 5.41) is 5.28. The van der Waals surface area contributed by atoms with E-state index in [9.17, 15) is 14.4 Å². The summed E-state index contributed by atoms with van der Waals surface area (Å²) >= 11 is 0. The monoisotopic (exact) mass is 346 g/mol. The number of hydrogen-bond donors (Lipinski definition) is 2. The molecular formula is C19H26N2O4. The fourth-order valence-electron chi connectivity index (χ4n) is 2.83. The van der Waals surface area contributed by atoms with Gasteiger partial charge >= 0.3 is 17.8 Å². The predicted molar refractivity (Wildman–Crippen MR) is 95.3 cm³/mol. The molecule has 136 valence electrons. The van der Waals surface area contributed by atoms with Crippen LogP contribution in [0.2, 0.25) is 0 Å². The molecule has 0 spiro atoms. The normalized spacial score (nSPS) is 14.6. The number of anilines is 1. The number of para-hydroxylation sites is 1. The molecule has 1 fully saturated rings. The van der Waals surface area contributed by atoms with Crippen LogP contribution in [0.5, 0.6) is 0 Å². The van der Waals surface area contributed by atoms with Gasteiger partial charge in [0.25, 0.3) is 0 Å². The van der Waals surface area contributed by atoms with E-state index in [1.54, 1.807) is 24.3 Å². The molecule has 0 aliphatic heterocycles. The number of hydrogen-bond acceptors (Lipinski definition) is 4. The van der Waals surface area contributed by atoms with Crippen LogP contribution in [0.1, 0.15) is 62.2 Å². The zero-order valence-electron chi connectivity index (χ0n) is 14.7. The van der Waals surface area contributed by atoms with Crippen molar-refractivity contribution in [2.75, 3.05) is 11.9 Å². The van der Waals surface area contributed by atoms with Crippen LogP contribution in [0.3, 0.4) is 0 Å². The lowest BCUT2D eigenvalue weighted by Crippen LogP contribution is -2.42. The van der Waals surface area contributed by atoms with Crippen molar-refractivity contribution in [2.45, 2.75) is 57.9 Å². The Balaban J connectivity index is 1.95. The summed E-state index contributed by atoms with van der Waals surface area (Å²) in [5.74, 6) is -1.93. The minimum Gasteiger partial charge on any atom is -0.462 e. The van der Waals surface area contributed by atoms with Gasteiger partial charge in [0, 0.05) is 6.04 Å². The Bertz CT molecular complexity index is 609. The Morgan fingerprint density at radius 1 is 1.08 bits per heavy atom. The summed E-state index contributed by atoms with van der Waals surface area (Å²) < 4.78 is 5.18. The van der Waals surface area contributed by atoms with Crippen LogP contribution in [0, 0.1) is 0 Å². The molecule has 1 aromatic carbocycles. The largest absolute Gasteiger partial charge is 0.462 e. The first-order chi connectivity index (χ1) is 12.1. The Morgan fingerprint density at radius 2 is 1.80 bits per heavy atom. The summed E-state index contributed by atoms with van der Waals surface area (Å²) in [4.78, 5) is 36.3. The first-order valence-electron chi connectivity index (χ1n) is 8.99. The molecule has 0 heterocycles. The van der Waals surface area contributed by atoms with Gasteiger partial charge in [0.1, 0.15) is 0 Å². The number of carbonyl (C=O) groups is 3. The second-order valence-corrected chi connectivity index (χ2v) is 6.30.